The molecule has 2 N–H and O–H groups in total. The van der Waals surface area contributed by atoms with Crippen molar-refractivity contribution in [3.63, 3.8) is 0 Å². The molecule has 0 fully saturated rings. The smallest absolute Gasteiger partial charge is 0.264 e. The summed E-state index contributed by atoms with van der Waals surface area (Å²) in [7, 11) is 1.46. The fourth-order valence-electron chi connectivity index (χ4n) is 0.606. The van der Waals surface area contributed by atoms with Crippen molar-refractivity contribution in [2.75, 3.05) is 7.11 Å². The van der Waals surface area contributed by atoms with Crippen molar-refractivity contribution in [1.82, 2.24) is 10.9 Å². The van der Waals surface area contributed by atoms with Crippen molar-refractivity contribution in [2.45, 2.75) is 5.38 Å². The minimum Gasteiger partial charge on any atom is -0.497 e. The minimum absolute atomic E-state index is 0.305. The molecule has 10 heavy (non-hydrogen) atoms. The van der Waals surface area contributed by atoms with Gasteiger partial charge in [-0.2, -0.15) is 0 Å². The Labute approximate surface area is 63.2 Å². The number of hydrazine groups is 1. The number of alkyl halides is 1. The van der Waals surface area contributed by atoms with Gasteiger partial charge >= 0.3 is 0 Å². The second-order valence-electron chi connectivity index (χ2n) is 1.75. The highest BCUT2D eigenvalue weighted by Gasteiger charge is 2.23. The summed E-state index contributed by atoms with van der Waals surface area (Å²) >= 11 is 5.59. The summed E-state index contributed by atoms with van der Waals surface area (Å²) < 4.78 is 4.78. The van der Waals surface area contributed by atoms with E-state index in [1.54, 1.807) is 0 Å². The lowest BCUT2D eigenvalue weighted by Crippen LogP contribution is -2.44. The maximum absolute atomic E-state index is 10.7. The zero-order chi connectivity index (χ0) is 7.56. The van der Waals surface area contributed by atoms with Crippen LogP contribution in [0.5, 0.6) is 0 Å². The standard InChI is InChI=1S/C5H7ClN2O2/c1-10-3-2-7-8-5(9)4(3)6/h2,4,7H,1H3,(H,8,9). The lowest BCUT2D eigenvalue weighted by molar-refractivity contribution is -0.121. The molecule has 0 radical (unpaired) electrons. The van der Waals surface area contributed by atoms with Crippen LogP contribution in [0.1, 0.15) is 0 Å². The van der Waals surface area contributed by atoms with Crippen LogP contribution in [0.4, 0.5) is 0 Å². The van der Waals surface area contributed by atoms with E-state index < -0.39 is 5.38 Å². The van der Waals surface area contributed by atoms with Crippen molar-refractivity contribution < 1.29 is 9.53 Å². The maximum Gasteiger partial charge on any atom is 0.264 e. The van der Waals surface area contributed by atoms with E-state index in [1.165, 1.54) is 13.3 Å². The fraction of sp³-hybridized carbons (Fsp3) is 0.400. The van der Waals surface area contributed by atoms with Gasteiger partial charge in [-0.15, -0.1) is 11.6 Å². The van der Waals surface area contributed by atoms with E-state index in [9.17, 15) is 4.79 Å². The predicted molar refractivity (Wildman–Crippen MR) is 36.0 cm³/mol. The molecular weight excluding hydrogens is 156 g/mol. The molecule has 1 unspecified atom stereocenters. The zero-order valence-electron chi connectivity index (χ0n) is 5.35. The van der Waals surface area contributed by atoms with Crippen LogP contribution in [0.2, 0.25) is 0 Å². The van der Waals surface area contributed by atoms with Gasteiger partial charge in [0.05, 0.1) is 13.3 Å². The molecule has 56 valence electrons. The summed E-state index contributed by atoms with van der Waals surface area (Å²) in [4.78, 5) is 10.7. The highest BCUT2D eigenvalue weighted by atomic mass is 35.5. The third-order valence-corrected chi connectivity index (χ3v) is 1.54. The highest BCUT2D eigenvalue weighted by molar-refractivity contribution is 6.32. The highest BCUT2D eigenvalue weighted by Crippen LogP contribution is 2.11. The lowest BCUT2D eigenvalue weighted by Gasteiger charge is -2.18. The summed E-state index contributed by atoms with van der Waals surface area (Å²) in [5.41, 5.74) is 4.81. The third kappa shape index (κ3) is 1.16. The first-order valence-electron chi connectivity index (χ1n) is 2.69. The average Bonchev–Trinajstić information content (AvgIpc) is 1.95. The van der Waals surface area contributed by atoms with E-state index in [0.29, 0.717) is 5.76 Å². The van der Waals surface area contributed by atoms with E-state index in [2.05, 4.69) is 10.9 Å². The first-order valence-corrected chi connectivity index (χ1v) is 3.13. The SMILES string of the molecule is COC1=CNNC(=O)C1Cl. The summed E-state index contributed by atoms with van der Waals surface area (Å²) in [6, 6.07) is 0. The topological polar surface area (TPSA) is 50.4 Å². The van der Waals surface area contributed by atoms with E-state index >= 15 is 0 Å². The van der Waals surface area contributed by atoms with Crippen LogP contribution in [-0.2, 0) is 9.53 Å². The summed E-state index contributed by atoms with van der Waals surface area (Å²) in [6.45, 7) is 0. The van der Waals surface area contributed by atoms with E-state index in [0.717, 1.165) is 0 Å². The van der Waals surface area contributed by atoms with Crippen molar-refractivity contribution in [3.05, 3.63) is 12.0 Å². The summed E-state index contributed by atoms with van der Waals surface area (Å²) in [5.74, 6) is 0.117. The van der Waals surface area contributed by atoms with Gasteiger partial charge in [-0.3, -0.25) is 10.2 Å². The number of halogens is 1. The molecule has 0 aromatic heterocycles. The Bertz CT molecular complexity index is 180. The predicted octanol–water partition coefficient (Wildman–Crippen LogP) is -0.284. The van der Waals surface area contributed by atoms with Gasteiger partial charge in [0.2, 0.25) is 0 Å². The number of nitrogens with one attached hydrogen (secondary N) is 2. The number of rotatable bonds is 1. The average molecular weight is 163 g/mol. The van der Waals surface area contributed by atoms with Crippen LogP contribution in [0, 0.1) is 0 Å². The van der Waals surface area contributed by atoms with Gasteiger partial charge in [-0.05, 0) is 0 Å². The van der Waals surface area contributed by atoms with Crippen molar-refractivity contribution in [2.24, 2.45) is 0 Å². The van der Waals surface area contributed by atoms with Crippen molar-refractivity contribution in [1.29, 1.82) is 0 Å². The van der Waals surface area contributed by atoms with Crippen LogP contribution < -0.4 is 10.9 Å². The van der Waals surface area contributed by atoms with E-state index in [-0.39, 0.29) is 5.91 Å². The largest absolute Gasteiger partial charge is 0.497 e. The Kier molecular flexibility index (Phi) is 2.01. The van der Waals surface area contributed by atoms with Gasteiger partial charge < -0.3 is 10.2 Å². The second-order valence-corrected chi connectivity index (χ2v) is 2.18. The molecule has 1 aliphatic heterocycles. The molecule has 1 heterocycles. The minimum atomic E-state index is -0.716. The lowest BCUT2D eigenvalue weighted by atomic mass is 10.3. The zero-order valence-corrected chi connectivity index (χ0v) is 6.11. The quantitative estimate of drug-likeness (QED) is 0.522. The van der Waals surface area contributed by atoms with Crippen molar-refractivity contribution in [3.8, 4) is 0 Å². The van der Waals surface area contributed by atoms with Crippen LogP contribution in [0.3, 0.4) is 0 Å². The molecule has 0 saturated carbocycles. The Morgan fingerprint density at radius 1 is 1.80 bits per heavy atom. The third-order valence-electron chi connectivity index (χ3n) is 1.13. The molecule has 0 aromatic carbocycles. The Morgan fingerprint density at radius 2 is 2.50 bits per heavy atom. The molecule has 0 aliphatic carbocycles. The Balaban J connectivity index is 2.71. The molecule has 1 rings (SSSR count). The van der Waals surface area contributed by atoms with E-state index in [4.69, 9.17) is 16.3 Å². The molecule has 0 bridgehead atoms. The molecule has 5 heteroatoms. The first-order chi connectivity index (χ1) is 4.75. The summed E-state index contributed by atoms with van der Waals surface area (Å²) in [5, 5.41) is -0.716. The maximum atomic E-state index is 10.7. The number of hydrogen-bond donors (Lipinski definition) is 2. The van der Waals surface area contributed by atoms with E-state index in [1.807, 2.05) is 0 Å². The molecule has 1 amide bonds. The normalized spacial score (nSPS) is 24.4. The number of amides is 1. The molecule has 1 aliphatic rings. The van der Waals surface area contributed by atoms with Crippen LogP contribution in [0.15, 0.2) is 12.0 Å². The monoisotopic (exact) mass is 162 g/mol. The van der Waals surface area contributed by atoms with Crippen LogP contribution in [0.25, 0.3) is 0 Å². The number of carbonyl (C=O) groups excluding carboxylic acids is 1. The van der Waals surface area contributed by atoms with Gasteiger partial charge in [-0.25, -0.2) is 0 Å². The second kappa shape index (κ2) is 2.79. The van der Waals surface area contributed by atoms with Gasteiger partial charge in [-0.1, -0.05) is 0 Å². The van der Waals surface area contributed by atoms with Gasteiger partial charge in [0.1, 0.15) is 5.76 Å². The van der Waals surface area contributed by atoms with Crippen LogP contribution >= 0.6 is 11.6 Å². The first kappa shape index (κ1) is 7.21. The van der Waals surface area contributed by atoms with Crippen molar-refractivity contribution >= 4 is 17.5 Å². The molecule has 1 atom stereocenters. The fourth-order valence-corrected chi connectivity index (χ4v) is 0.813. The van der Waals surface area contributed by atoms with Crippen LogP contribution in [-0.4, -0.2) is 18.4 Å². The van der Waals surface area contributed by atoms with Gasteiger partial charge in [0, 0.05) is 0 Å². The number of carbonyl (C=O) groups is 1. The Morgan fingerprint density at radius 3 is 3.00 bits per heavy atom. The number of methoxy groups -OCH3 is 1. The number of hydrogen-bond acceptors (Lipinski definition) is 3. The van der Waals surface area contributed by atoms with Gasteiger partial charge in [0.15, 0.2) is 5.38 Å². The summed E-state index contributed by atoms with van der Waals surface area (Å²) in [6.07, 6.45) is 1.50. The molecular formula is C5H7ClN2O2. The molecule has 0 aromatic rings. The van der Waals surface area contributed by atoms with Gasteiger partial charge in [0.25, 0.3) is 5.91 Å². The molecule has 4 nitrogen and oxygen atoms in total. The molecule has 0 spiro atoms. The Hall–Kier alpha value is -0.900. The molecule has 0 saturated heterocycles. The number of ether oxygens (including phenoxy) is 1.